The fourth-order valence-corrected chi connectivity index (χ4v) is 4.47. The van der Waals surface area contributed by atoms with Crippen LogP contribution < -0.4 is 31.2 Å². The molecule has 5 N–H and O–H groups in total. The second-order valence-corrected chi connectivity index (χ2v) is 9.41. The van der Waals surface area contributed by atoms with Crippen molar-refractivity contribution in [3.63, 3.8) is 0 Å². The maximum Gasteiger partial charge on any atom is 0.273 e. The minimum atomic E-state index is -1.11. The zero-order chi connectivity index (χ0) is 27.1. The Morgan fingerprint density at radius 2 is 1.73 bits per heavy atom. The normalized spacial score (nSPS) is 11.6. The molecular weight excluding hydrogens is 494 g/mol. The van der Waals surface area contributed by atoms with E-state index >= 15 is 0 Å². The van der Waals surface area contributed by atoms with Crippen molar-refractivity contribution in [3.8, 4) is 11.5 Å². The van der Waals surface area contributed by atoms with Crippen LogP contribution in [0.25, 0.3) is 0 Å². The number of rotatable bonds is 11. The first kappa shape index (κ1) is 27.5. The van der Waals surface area contributed by atoms with Gasteiger partial charge >= 0.3 is 0 Å². The number of methoxy groups -OCH3 is 2. The molecule has 1 atom stereocenters. The summed E-state index contributed by atoms with van der Waals surface area (Å²) in [7, 11) is 3.00. The molecule has 0 aliphatic heterocycles. The zero-order valence-corrected chi connectivity index (χ0v) is 22.0. The third-order valence-corrected chi connectivity index (χ3v) is 6.51. The van der Waals surface area contributed by atoms with Gasteiger partial charge in [-0.2, -0.15) is 4.37 Å². The van der Waals surface area contributed by atoms with Gasteiger partial charge in [-0.3, -0.25) is 19.3 Å². The highest BCUT2D eigenvalue weighted by atomic mass is 32.1. The second-order valence-electron chi connectivity index (χ2n) is 8.64. The fraction of sp³-hybridized carbons (Fsp3) is 0.308. The first-order valence-electron chi connectivity index (χ1n) is 11.6. The smallest absolute Gasteiger partial charge is 0.273 e. The van der Waals surface area contributed by atoms with Crippen LogP contribution in [-0.2, 0) is 4.79 Å². The van der Waals surface area contributed by atoms with E-state index in [-0.39, 0.29) is 16.3 Å². The van der Waals surface area contributed by atoms with E-state index in [2.05, 4.69) is 23.5 Å². The summed E-state index contributed by atoms with van der Waals surface area (Å²) < 4.78 is 14.8. The molecule has 3 amide bonds. The van der Waals surface area contributed by atoms with E-state index in [1.807, 2.05) is 0 Å². The predicted molar refractivity (Wildman–Crippen MR) is 143 cm³/mol. The highest BCUT2D eigenvalue weighted by Crippen LogP contribution is 2.36. The quantitative estimate of drug-likeness (QED) is 0.347. The topological polar surface area (TPSA) is 150 Å². The standard InChI is InChI=1S/C26H31N5O5S/c1-15(2)12-13-29-25(33)22(16-10-11-18(35-3)19(14-16)36-4)31(17-8-6-5-7-9-17)26(34)23-20(27)21(24(28)32)30-37-23/h5-11,14-15,22H,12-13,27H2,1-4H3,(H2,28,32)(H,29,33)/t22-/m1/s1. The average Bonchev–Trinajstić information content (AvgIpc) is 3.28. The Hall–Kier alpha value is -4.12. The molecule has 0 unspecified atom stereocenters. The van der Waals surface area contributed by atoms with Gasteiger partial charge in [-0.1, -0.05) is 38.1 Å². The van der Waals surface area contributed by atoms with Gasteiger partial charge in [0.05, 0.1) is 19.9 Å². The maximum absolute atomic E-state index is 14.0. The average molecular weight is 526 g/mol. The molecule has 1 heterocycles. The van der Waals surface area contributed by atoms with E-state index in [1.54, 1.807) is 48.5 Å². The van der Waals surface area contributed by atoms with Crippen LogP contribution in [0.1, 0.15) is 52.0 Å². The van der Waals surface area contributed by atoms with Crippen molar-refractivity contribution in [2.24, 2.45) is 11.7 Å². The molecule has 10 nitrogen and oxygen atoms in total. The van der Waals surface area contributed by atoms with Crippen molar-refractivity contribution in [2.75, 3.05) is 31.4 Å². The van der Waals surface area contributed by atoms with Crippen molar-refractivity contribution in [3.05, 3.63) is 64.7 Å². The molecule has 37 heavy (non-hydrogen) atoms. The molecule has 0 bridgehead atoms. The Labute approximate surface area is 219 Å². The lowest BCUT2D eigenvalue weighted by molar-refractivity contribution is -0.122. The van der Waals surface area contributed by atoms with Gasteiger partial charge in [0.1, 0.15) is 10.9 Å². The van der Waals surface area contributed by atoms with Gasteiger partial charge in [-0.15, -0.1) is 0 Å². The summed E-state index contributed by atoms with van der Waals surface area (Å²) in [6.07, 6.45) is 0.757. The molecule has 0 spiro atoms. The zero-order valence-electron chi connectivity index (χ0n) is 21.2. The number of hydrogen-bond donors (Lipinski definition) is 3. The predicted octanol–water partition coefficient (Wildman–Crippen LogP) is 3.39. The minimum Gasteiger partial charge on any atom is -0.493 e. The van der Waals surface area contributed by atoms with Gasteiger partial charge < -0.3 is 26.3 Å². The number of carbonyl (C=O) groups is 3. The number of ether oxygens (including phenoxy) is 2. The molecule has 2 aromatic carbocycles. The van der Waals surface area contributed by atoms with Gasteiger partial charge in [0.2, 0.25) is 5.91 Å². The van der Waals surface area contributed by atoms with Gasteiger partial charge in [-0.25, -0.2) is 0 Å². The molecule has 0 fully saturated rings. The van der Waals surface area contributed by atoms with E-state index in [1.165, 1.54) is 19.1 Å². The second kappa shape index (κ2) is 12.2. The van der Waals surface area contributed by atoms with E-state index in [9.17, 15) is 14.4 Å². The first-order valence-corrected chi connectivity index (χ1v) is 12.4. The Morgan fingerprint density at radius 1 is 1.05 bits per heavy atom. The highest BCUT2D eigenvalue weighted by Gasteiger charge is 2.36. The highest BCUT2D eigenvalue weighted by molar-refractivity contribution is 7.09. The number of benzene rings is 2. The summed E-state index contributed by atoms with van der Waals surface area (Å²) in [5, 5.41) is 2.95. The van der Waals surface area contributed by atoms with Crippen LogP contribution in [0.4, 0.5) is 11.4 Å². The molecule has 3 aromatic rings. The summed E-state index contributed by atoms with van der Waals surface area (Å²) in [5.74, 6) is -0.608. The van der Waals surface area contributed by atoms with Crippen LogP contribution in [0.2, 0.25) is 0 Å². The number of nitrogens with one attached hydrogen (secondary N) is 1. The molecule has 0 saturated carbocycles. The van der Waals surface area contributed by atoms with E-state index in [0.29, 0.717) is 35.2 Å². The minimum absolute atomic E-state index is 0.00175. The van der Waals surface area contributed by atoms with Crippen molar-refractivity contribution in [2.45, 2.75) is 26.3 Å². The van der Waals surface area contributed by atoms with Crippen LogP contribution in [-0.4, -0.2) is 42.9 Å². The molecular formula is C26H31N5O5S. The number of aromatic nitrogens is 1. The van der Waals surface area contributed by atoms with Crippen LogP contribution >= 0.6 is 11.5 Å². The summed E-state index contributed by atoms with van der Waals surface area (Å²) >= 11 is 0.752. The lowest BCUT2D eigenvalue weighted by Crippen LogP contribution is -2.44. The number of carbonyl (C=O) groups excluding carboxylic acids is 3. The lowest BCUT2D eigenvalue weighted by Gasteiger charge is -2.31. The largest absolute Gasteiger partial charge is 0.493 e. The first-order chi connectivity index (χ1) is 17.7. The third kappa shape index (κ3) is 6.18. The Bertz CT molecular complexity index is 1260. The SMILES string of the molecule is COc1ccc([C@H](C(=O)NCCC(C)C)N(C(=O)c2snc(C(N)=O)c2N)c2ccccc2)cc1OC. The molecule has 3 rings (SSSR count). The maximum atomic E-state index is 14.0. The summed E-state index contributed by atoms with van der Waals surface area (Å²) in [6, 6.07) is 12.6. The summed E-state index contributed by atoms with van der Waals surface area (Å²) in [6.45, 7) is 4.53. The number of anilines is 2. The summed E-state index contributed by atoms with van der Waals surface area (Å²) in [4.78, 5) is 40.8. The van der Waals surface area contributed by atoms with E-state index < -0.39 is 23.8 Å². The molecule has 0 aliphatic rings. The van der Waals surface area contributed by atoms with Crippen LogP contribution in [0.5, 0.6) is 11.5 Å². The fourth-order valence-electron chi connectivity index (χ4n) is 3.73. The van der Waals surface area contributed by atoms with Crippen molar-refractivity contribution in [1.29, 1.82) is 0 Å². The number of primary amides is 1. The molecule has 11 heteroatoms. The number of hydrogen-bond acceptors (Lipinski definition) is 8. The van der Waals surface area contributed by atoms with Gasteiger partial charge in [-0.05, 0) is 53.7 Å². The van der Waals surface area contributed by atoms with Crippen molar-refractivity contribution >= 4 is 40.6 Å². The Balaban J connectivity index is 2.19. The van der Waals surface area contributed by atoms with E-state index in [4.69, 9.17) is 20.9 Å². The Morgan fingerprint density at radius 3 is 2.30 bits per heavy atom. The molecule has 1 aromatic heterocycles. The molecule has 0 radical (unpaired) electrons. The third-order valence-electron chi connectivity index (χ3n) is 5.66. The Kier molecular flexibility index (Phi) is 9.07. The van der Waals surface area contributed by atoms with Crippen LogP contribution in [0, 0.1) is 5.92 Å². The van der Waals surface area contributed by atoms with Gasteiger partial charge in [0, 0.05) is 12.2 Å². The summed E-state index contributed by atoms with van der Waals surface area (Å²) in [5.41, 5.74) is 12.1. The lowest BCUT2D eigenvalue weighted by atomic mass is 10.0. The van der Waals surface area contributed by atoms with Gasteiger partial charge in [0.25, 0.3) is 11.8 Å². The van der Waals surface area contributed by atoms with Crippen molar-refractivity contribution in [1.82, 2.24) is 9.69 Å². The number of nitrogens with two attached hydrogens (primary N) is 2. The number of nitrogens with zero attached hydrogens (tertiary/aromatic N) is 2. The number of nitrogen functional groups attached to an aromatic ring is 1. The monoisotopic (exact) mass is 525 g/mol. The van der Waals surface area contributed by atoms with Crippen LogP contribution in [0.3, 0.4) is 0 Å². The number of para-hydroxylation sites is 1. The van der Waals surface area contributed by atoms with Crippen molar-refractivity contribution < 1.29 is 23.9 Å². The molecule has 0 saturated heterocycles. The molecule has 196 valence electrons. The molecule has 0 aliphatic carbocycles. The van der Waals surface area contributed by atoms with Gasteiger partial charge in [0.15, 0.2) is 17.2 Å². The van der Waals surface area contributed by atoms with E-state index in [0.717, 1.165) is 18.0 Å². The number of amides is 3. The van der Waals surface area contributed by atoms with Crippen LogP contribution in [0.15, 0.2) is 48.5 Å².